The molecule has 0 unspecified atom stereocenters. The lowest BCUT2D eigenvalue weighted by Crippen LogP contribution is -2.44. The third-order valence-corrected chi connectivity index (χ3v) is 3.85. The maximum atomic E-state index is 12.3. The Kier molecular flexibility index (Phi) is 4.02. The first kappa shape index (κ1) is 13.1. The first-order valence-corrected chi connectivity index (χ1v) is 6.60. The molecule has 18 heavy (non-hydrogen) atoms. The van der Waals surface area contributed by atoms with Crippen molar-refractivity contribution in [3.63, 3.8) is 0 Å². The molecule has 0 radical (unpaired) electrons. The Bertz CT molecular complexity index is 405. The smallest absolute Gasteiger partial charge is 0.253 e. The van der Waals surface area contributed by atoms with Crippen LogP contribution in [0.15, 0.2) is 24.3 Å². The van der Waals surface area contributed by atoms with Gasteiger partial charge in [0.2, 0.25) is 0 Å². The fourth-order valence-electron chi connectivity index (χ4n) is 2.45. The lowest BCUT2D eigenvalue weighted by molar-refractivity contribution is 0.0659. The van der Waals surface area contributed by atoms with Gasteiger partial charge >= 0.3 is 0 Å². The lowest BCUT2D eigenvalue weighted by atomic mass is 10.0. The van der Waals surface area contributed by atoms with E-state index in [4.69, 9.17) is 0 Å². The zero-order valence-corrected chi connectivity index (χ0v) is 11.5. The Labute approximate surface area is 109 Å². The van der Waals surface area contributed by atoms with Gasteiger partial charge in [-0.25, -0.2) is 0 Å². The van der Waals surface area contributed by atoms with Crippen LogP contribution >= 0.6 is 0 Å². The fraction of sp³-hybridized carbons (Fsp3) is 0.533. The van der Waals surface area contributed by atoms with Gasteiger partial charge in [0.1, 0.15) is 0 Å². The fourth-order valence-corrected chi connectivity index (χ4v) is 2.45. The number of hydrogen-bond donors (Lipinski definition) is 0. The molecule has 0 spiro atoms. The van der Waals surface area contributed by atoms with Gasteiger partial charge in [-0.1, -0.05) is 17.7 Å². The van der Waals surface area contributed by atoms with Crippen molar-refractivity contribution < 1.29 is 4.79 Å². The summed E-state index contributed by atoms with van der Waals surface area (Å²) in [6.07, 6.45) is 2.15. The first-order chi connectivity index (χ1) is 8.58. The standard InChI is InChI=1S/C15H22N2O/c1-12-4-6-13(7-5-12)15(18)17(3)14-8-10-16(2)11-9-14/h4-7,14H,8-11H2,1-3H3. The number of carbonyl (C=O) groups is 1. The SMILES string of the molecule is Cc1ccc(C(=O)N(C)C2CCN(C)CC2)cc1. The Morgan fingerprint density at radius 2 is 1.78 bits per heavy atom. The number of nitrogens with zero attached hydrogens (tertiary/aromatic N) is 2. The molecule has 2 rings (SSSR count). The molecule has 0 aromatic heterocycles. The Morgan fingerprint density at radius 1 is 1.22 bits per heavy atom. The van der Waals surface area contributed by atoms with Gasteiger partial charge in [-0.05, 0) is 52.0 Å². The molecule has 1 amide bonds. The van der Waals surface area contributed by atoms with Crippen molar-refractivity contribution in [2.75, 3.05) is 27.2 Å². The van der Waals surface area contributed by atoms with Gasteiger partial charge in [-0.2, -0.15) is 0 Å². The summed E-state index contributed by atoms with van der Waals surface area (Å²) in [5, 5.41) is 0. The van der Waals surface area contributed by atoms with Gasteiger partial charge in [0.25, 0.3) is 5.91 Å². The van der Waals surface area contributed by atoms with Crippen LogP contribution in [0.4, 0.5) is 0 Å². The number of carbonyl (C=O) groups excluding carboxylic acids is 1. The highest BCUT2D eigenvalue weighted by Crippen LogP contribution is 2.16. The second-order valence-electron chi connectivity index (χ2n) is 5.32. The Hall–Kier alpha value is -1.35. The van der Waals surface area contributed by atoms with Gasteiger partial charge in [0.15, 0.2) is 0 Å². The molecule has 1 aromatic carbocycles. The monoisotopic (exact) mass is 246 g/mol. The molecular formula is C15H22N2O. The number of aryl methyl sites for hydroxylation is 1. The van der Waals surface area contributed by atoms with Gasteiger partial charge in [0.05, 0.1) is 0 Å². The molecule has 0 atom stereocenters. The van der Waals surface area contributed by atoms with E-state index in [1.165, 1.54) is 5.56 Å². The minimum Gasteiger partial charge on any atom is -0.339 e. The molecule has 1 aliphatic heterocycles. The molecule has 1 saturated heterocycles. The van der Waals surface area contributed by atoms with Gasteiger partial charge in [0, 0.05) is 18.7 Å². The predicted molar refractivity (Wildman–Crippen MR) is 73.8 cm³/mol. The molecule has 1 aliphatic rings. The summed E-state index contributed by atoms with van der Waals surface area (Å²) in [6.45, 7) is 4.20. The van der Waals surface area contributed by atoms with Crippen molar-refractivity contribution in [1.82, 2.24) is 9.80 Å². The average molecular weight is 246 g/mol. The summed E-state index contributed by atoms with van der Waals surface area (Å²) in [4.78, 5) is 16.6. The van der Waals surface area contributed by atoms with E-state index in [1.54, 1.807) is 0 Å². The molecule has 0 N–H and O–H groups in total. The zero-order chi connectivity index (χ0) is 13.1. The van der Waals surface area contributed by atoms with Crippen molar-refractivity contribution in [3.8, 4) is 0 Å². The van der Waals surface area contributed by atoms with Crippen molar-refractivity contribution in [3.05, 3.63) is 35.4 Å². The summed E-state index contributed by atoms with van der Waals surface area (Å²) >= 11 is 0. The molecule has 1 aromatic rings. The Balaban J connectivity index is 2.02. The number of piperidine rings is 1. The number of likely N-dealkylation sites (tertiary alicyclic amines) is 1. The van der Waals surface area contributed by atoms with Crippen LogP contribution in [0.1, 0.15) is 28.8 Å². The van der Waals surface area contributed by atoms with Crippen molar-refractivity contribution >= 4 is 5.91 Å². The van der Waals surface area contributed by atoms with Gasteiger partial charge in [-0.15, -0.1) is 0 Å². The van der Waals surface area contributed by atoms with E-state index in [2.05, 4.69) is 11.9 Å². The van der Waals surface area contributed by atoms with E-state index in [1.807, 2.05) is 43.1 Å². The van der Waals surface area contributed by atoms with Crippen LogP contribution in [-0.2, 0) is 0 Å². The van der Waals surface area contributed by atoms with Crippen LogP contribution < -0.4 is 0 Å². The Morgan fingerprint density at radius 3 is 2.33 bits per heavy atom. The highest BCUT2D eigenvalue weighted by atomic mass is 16.2. The summed E-state index contributed by atoms with van der Waals surface area (Å²) in [7, 11) is 4.07. The molecule has 3 nitrogen and oxygen atoms in total. The second kappa shape index (κ2) is 5.53. The predicted octanol–water partition coefficient (Wildman–Crippen LogP) is 2.16. The van der Waals surface area contributed by atoms with Crippen LogP contribution in [0.2, 0.25) is 0 Å². The summed E-state index contributed by atoms with van der Waals surface area (Å²) in [6, 6.07) is 8.22. The van der Waals surface area contributed by atoms with Crippen LogP contribution in [0, 0.1) is 6.92 Å². The van der Waals surface area contributed by atoms with Gasteiger partial charge < -0.3 is 9.80 Å². The van der Waals surface area contributed by atoms with E-state index in [9.17, 15) is 4.79 Å². The highest BCUT2D eigenvalue weighted by molar-refractivity contribution is 5.94. The maximum Gasteiger partial charge on any atom is 0.253 e. The van der Waals surface area contributed by atoms with E-state index in [-0.39, 0.29) is 5.91 Å². The third kappa shape index (κ3) is 2.91. The maximum absolute atomic E-state index is 12.3. The number of benzene rings is 1. The average Bonchev–Trinajstić information content (AvgIpc) is 2.39. The molecular weight excluding hydrogens is 224 g/mol. The third-order valence-electron chi connectivity index (χ3n) is 3.85. The molecule has 1 fully saturated rings. The van der Waals surface area contributed by atoms with E-state index in [0.29, 0.717) is 6.04 Å². The minimum absolute atomic E-state index is 0.143. The number of rotatable bonds is 2. The first-order valence-electron chi connectivity index (χ1n) is 6.60. The molecule has 0 aliphatic carbocycles. The van der Waals surface area contributed by atoms with E-state index < -0.39 is 0 Å². The summed E-state index contributed by atoms with van der Waals surface area (Å²) < 4.78 is 0. The molecule has 0 bridgehead atoms. The lowest BCUT2D eigenvalue weighted by Gasteiger charge is -2.35. The van der Waals surface area contributed by atoms with E-state index in [0.717, 1.165) is 31.5 Å². The topological polar surface area (TPSA) is 23.6 Å². The van der Waals surface area contributed by atoms with Crippen LogP contribution in [0.5, 0.6) is 0 Å². The molecule has 3 heteroatoms. The normalized spacial score (nSPS) is 17.7. The van der Waals surface area contributed by atoms with Crippen molar-refractivity contribution in [1.29, 1.82) is 0 Å². The van der Waals surface area contributed by atoms with E-state index >= 15 is 0 Å². The summed E-state index contributed by atoms with van der Waals surface area (Å²) in [5.41, 5.74) is 1.98. The molecule has 98 valence electrons. The zero-order valence-electron chi connectivity index (χ0n) is 11.5. The second-order valence-corrected chi connectivity index (χ2v) is 5.32. The van der Waals surface area contributed by atoms with Crippen molar-refractivity contribution in [2.24, 2.45) is 0 Å². The molecule has 0 saturated carbocycles. The quantitative estimate of drug-likeness (QED) is 0.798. The number of amides is 1. The van der Waals surface area contributed by atoms with Crippen LogP contribution in [-0.4, -0.2) is 48.9 Å². The summed E-state index contributed by atoms with van der Waals surface area (Å²) in [5.74, 6) is 0.143. The number of hydrogen-bond acceptors (Lipinski definition) is 2. The van der Waals surface area contributed by atoms with Crippen LogP contribution in [0.3, 0.4) is 0 Å². The minimum atomic E-state index is 0.143. The van der Waals surface area contributed by atoms with Crippen LogP contribution in [0.25, 0.3) is 0 Å². The van der Waals surface area contributed by atoms with Gasteiger partial charge in [-0.3, -0.25) is 4.79 Å². The highest BCUT2D eigenvalue weighted by Gasteiger charge is 2.24. The molecule has 1 heterocycles. The van der Waals surface area contributed by atoms with Crippen molar-refractivity contribution in [2.45, 2.75) is 25.8 Å². The largest absolute Gasteiger partial charge is 0.339 e.